The fraction of sp³-hybridized carbons (Fsp3) is 0.529. The van der Waals surface area contributed by atoms with Crippen molar-refractivity contribution in [2.24, 2.45) is 11.5 Å². The van der Waals surface area contributed by atoms with Gasteiger partial charge in [0, 0.05) is 26.2 Å². The summed E-state index contributed by atoms with van der Waals surface area (Å²) >= 11 is 0. The second-order valence-electron chi connectivity index (χ2n) is 11.2. The van der Waals surface area contributed by atoms with Crippen LogP contribution in [0.4, 0.5) is 0 Å². The van der Waals surface area contributed by atoms with Crippen LogP contribution in [0.3, 0.4) is 0 Å². The normalized spacial score (nSPS) is 17.3. The van der Waals surface area contributed by atoms with E-state index in [0.717, 1.165) is 11.1 Å². The predicted molar refractivity (Wildman–Crippen MR) is 179 cm³/mol. The van der Waals surface area contributed by atoms with Crippen molar-refractivity contribution in [3.63, 3.8) is 0 Å². The van der Waals surface area contributed by atoms with E-state index >= 15 is 0 Å². The Bertz CT molecular complexity index is 1120. The van der Waals surface area contributed by atoms with Crippen molar-refractivity contribution < 1.29 is 38.1 Å². The SMILES string of the molecule is N[C@H](Cc1ccccc1)C(=O)NCC(=O)N1CCOCCOCCN(C(=O)CNC(=O)[C@H](N)Cc2ccccc2)CCOCCOCC1. The highest BCUT2D eigenvalue weighted by molar-refractivity contribution is 5.88. The summed E-state index contributed by atoms with van der Waals surface area (Å²) in [7, 11) is 0. The van der Waals surface area contributed by atoms with Gasteiger partial charge in [0.1, 0.15) is 0 Å². The van der Waals surface area contributed by atoms with E-state index in [1.54, 1.807) is 9.80 Å². The predicted octanol–water partition coefficient (Wildman–Crippen LogP) is -0.904. The van der Waals surface area contributed by atoms with E-state index in [1.165, 1.54) is 0 Å². The van der Waals surface area contributed by atoms with Crippen molar-refractivity contribution >= 4 is 23.6 Å². The molecule has 2 aromatic carbocycles. The number of amides is 4. The Morgan fingerprint density at radius 1 is 0.542 bits per heavy atom. The minimum atomic E-state index is -0.771. The average Bonchev–Trinajstić information content (AvgIpc) is 3.09. The van der Waals surface area contributed by atoms with Crippen molar-refractivity contribution in [1.29, 1.82) is 0 Å². The summed E-state index contributed by atoms with van der Waals surface area (Å²) in [5.41, 5.74) is 14.0. The lowest BCUT2D eigenvalue weighted by Crippen LogP contribution is -2.48. The summed E-state index contributed by atoms with van der Waals surface area (Å²) < 4.78 is 22.7. The standard InChI is InChI=1S/C34H50N6O8/c35-29(23-27-7-3-1-4-8-27)33(43)37-25-31(41)39-11-15-45-19-21-47-17-13-40(14-18-48-22-20-46-16-12-39)32(42)26-38-34(44)30(36)24-28-9-5-2-6-10-28/h1-10,29-30H,11-26,35-36H2,(H,37,43)(H,38,44)/t29-,30-/m1/s1. The Labute approximate surface area is 282 Å². The summed E-state index contributed by atoms with van der Waals surface area (Å²) in [6.07, 6.45) is 0.738. The van der Waals surface area contributed by atoms with Gasteiger partial charge in [-0.1, -0.05) is 60.7 Å². The van der Waals surface area contributed by atoms with Crippen LogP contribution < -0.4 is 22.1 Å². The molecule has 0 aliphatic carbocycles. The van der Waals surface area contributed by atoms with E-state index in [0.29, 0.717) is 39.0 Å². The largest absolute Gasteiger partial charge is 0.377 e. The van der Waals surface area contributed by atoms with Crippen molar-refractivity contribution in [3.05, 3.63) is 71.8 Å². The minimum Gasteiger partial charge on any atom is -0.377 e. The maximum atomic E-state index is 12.9. The van der Waals surface area contributed by atoms with Crippen LogP contribution in [0.15, 0.2) is 60.7 Å². The topological polar surface area (TPSA) is 188 Å². The molecule has 3 rings (SSSR count). The first-order valence-corrected chi connectivity index (χ1v) is 16.3. The maximum Gasteiger partial charge on any atom is 0.242 e. The summed E-state index contributed by atoms with van der Waals surface area (Å²) in [6.45, 7) is 3.01. The maximum absolute atomic E-state index is 12.9. The number of nitrogens with zero attached hydrogens (tertiary/aromatic N) is 2. The van der Waals surface area contributed by atoms with Gasteiger partial charge in [-0.3, -0.25) is 19.2 Å². The first kappa shape index (κ1) is 38.5. The minimum absolute atomic E-state index is 0.188. The summed E-state index contributed by atoms with van der Waals surface area (Å²) in [5.74, 6) is -1.35. The van der Waals surface area contributed by atoms with Gasteiger partial charge in [0.2, 0.25) is 23.6 Å². The lowest BCUT2D eigenvalue weighted by Gasteiger charge is -2.24. The van der Waals surface area contributed by atoms with Crippen LogP contribution in [0.1, 0.15) is 11.1 Å². The summed E-state index contributed by atoms with van der Waals surface area (Å²) in [6, 6.07) is 17.3. The summed E-state index contributed by atoms with van der Waals surface area (Å²) in [4.78, 5) is 54.0. The molecular formula is C34H50N6O8. The van der Waals surface area contributed by atoms with Gasteiger partial charge in [0.25, 0.3) is 0 Å². The van der Waals surface area contributed by atoms with Gasteiger partial charge in [0.15, 0.2) is 0 Å². The molecule has 0 spiro atoms. The first-order chi connectivity index (χ1) is 23.3. The molecule has 6 N–H and O–H groups in total. The fourth-order valence-corrected chi connectivity index (χ4v) is 4.80. The van der Waals surface area contributed by atoms with Crippen molar-refractivity contribution in [3.8, 4) is 0 Å². The van der Waals surface area contributed by atoms with E-state index in [-0.39, 0.29) is 77.8 Å². The van der Waals surface area contributed by atoms with Gasteiger partial charge in [-0.25, -0.2) is 0 Å². The Balaban J connectivity index is 1.39. The third kappa shape index (κ3) is 15.3. The Hall–Kier alpha value is -3.92. The van der Waals surface area contributed by atoms with Crippen LogP contribution in [-0.2, 0) is 51.0 Å². The molecule has 4 amide bonds. The number of nitrogens with one attached hydrogen (secondary N) is 2. The number of rotatable bonds is 10. The highest BCUT2D eigenvalue weighted by Crippen LogP contribution is 2.03. The second kappa shape index (κ2) is 22.6. The fourth-order valence-electron chi connectivity index (χ4n) is 4.80. The molecule has 1 aliphatic rings. The molecule has 1 aliphatic heterocycles. The molecule has 14 heteroatoms. The molecule has 1 saturated heterocycles. The quantitative estimate of drug-likeness (QED) is 0.247. The molecule has 1 heterocycles. The van der Waals surface area contributed by atoms with Crippen molar-refractivity contribution in [1.82, 2.24) is 20.4 Å². The van der Waals surface area contributed by atoms with Crippen molar-refractivity contribution in [2.75, 3.05) is 92.1 Å². The number of hydrogen-bond acceptors (Lipinski definition) is 10. The van der Waals surface area contributed by atoms with Crippen molar-refractivity contribution in [2.45, 2.75) is 24.9 Å². The van der Waals surface area contributed by atoms with Crippen LogP contribution in [0.2, 0.25) is 0 Å². The Kier molecular flexibility index (Phi) is 18.2. The number of ether oxygens (including phenoxy) is 4. The Morgan fingerprint density at radius 3 is 1.17 bits per heavy atom. The number of nitrogens with two attached hydrogens (primary N) is 2. The molecule has 0 radical (unpaired) electrons. The second-order valence-corrected chi connectivity index (χ2v) is 11.2. The molecule has 14 nitrogen and oxygen atoms in total. The van der Waals surface area contributed by atoms with Gasteiger partial charge < -0.3 is 50.8 Å². The molecule has 0 aromatic heterocycles. The van der Waals surface area contributed by atoms with Crippen LogP contribution >= 0.6 is 0 Å². The third-order valence-electron chi connectivity index (χ3n) is 7.57. The molecule has 48 heavy (non-hydrogen) atoms. The van der Waals surface area contributed by atoms with E-state index in [1.807, 2.05) is 60.7 Å². The summed E-state index contributed by atoms with van der Waals surface area (Å²) in [5, 5.41) is 5.28. The first-order valence-electron chi connectivity index (χ1n) is 16.3. The molecule has 264 valence electrons. The van der Waals surface area contributed by atoms with Crippen LogP contribution in [-0.4, -0.2) is 138 Å². The number of carbonyl (C=O) groups is 4. The highest BCUT2D eigenvalue weighted by Gasteiger charge is 2.20. The van der Waals surface area contributed by atoms with E-state index in [9.17, 15) is 19.2 Å². The zero-order valence-corrected chi connectivity index (χ0v) is 27.6. The smallest absolute Gasteiger partial charge is 0.242 e. The molecule has 1 fully saturated rings. The lowest BCUT2D eigenvalue weighted by molar-refractivity contribution is -0.135. The molecule has 0 saturated carbocycles. The van der Waals surface area contributed by atoms with Crippen LogP contribution in [0.25, 0.3) is 0 Å². The molecule has 2 atom stereocenters. The zero-order valence-electron chi connectivity index (χ0n) is 27.6. The zero-order chi connectivity index (χ0) is 34.4. The number of benzene rings is 2. The van der Waals surface area contributed by atoms with Gasteiger partial charge in [-0.15, -0.1) is 0 Å². The molecule has 0 unspecified atom stereocenters. The van der Waals surface area contributed by atoms with Gasteiger partial charge in [-0.05, 0) is 24.0 Å². The molecular weight excluding hydrogens is 620 g/mol. The third-order valence-corrected chi connectivity index (χ3v) is 7.57. The number of carbonyl (C=O) groups excluding carboxylic acids is 4. The van der Waals surface area contributed by atoms with Gasteiger partial charge in [0.05, 0.1) is 78.0 Å². The lowest BCUT2D eigenvalue weighted by atomic mass is 10.1. The van der Waals surface area contributed by atoms with E-state index < -0.39 is 23.9 Å². The average molecular weight is 671 g/mol. The van der Waals surface area contributed by atoms with E-state index in [2.05, 4.69) is 10.6 Å². The van der Waals surface area contributed by atoms with Crippen LogP contribution in [0, 0.1) is 0 Å². The molecule has 2 aromatic rings. The monoisotopic (exact) mass is 670 g/mol. The van der Waals surface area contributed by atoms with Gasteiger partial charge in [-0.2, -0.15) is 0 Å². The Morgan fingerprint density at radius 2 is 0.854 bits per heavy atom. The molecule has 0 bridgehead atoms. The van der Waals surface area contributed by atoms with Gasteiger partial charge >= 0.3 is 0 Å². The highest BCUT2D eigenvalue weighted by atomic mass is 16.5. The van der Waals surface area contributed by atoms with Crippen LogP contribution in [0.5, 0.6) is 0 Å². The number of hydrogen-bond donors (Lipinski definition) is 4. The van der Waals surface area contributed by atoms with E-state index in [4.69, 9.17) is 30.4 Å².